The topological polar surface area (TPSA) is 61.8 Å². The Balaban J connectivity index is 1.53. The van der Waals surface area contributed by atoms with Gasteiger partial charge in [-0.2, -0.15) is 0 Å². The molecule has 4 rings (SSSR count). The maximum atomic E-state index is 12.5. The van der Waals surface area contributed by atoms with Crippen LogP contribution < -0.4 is 4.74 Å². The number of ether oxygens (including phenoxy) is 3. The van der Waals surface area contributed by atoms with Crippen LogP contribution in [0.5, 0.6) is 5.75 Å². The molecule has 29 heavy (non-hydrogen) atoms. The van der Waals surface area contributed by atoms with Crippen LogP contribution >= 0.6 is 0 Å². The highest BCUT2D eigenvalue weighted by Crippen LogP contribution is 2.29. The number of carbonyl (C=O) groups is 2. The van der Waals surface area contributed by atoms with Crippen molar-refractivity contribution >= 4 is 18.0 Å². The number of para-hydroxylation sites is 1. The first kappa shape index (κ1) is 18.5. The van der Waals surface area contributed by atoms with E-state index < -0.39 is 18.2 Å². The van der Waals surface area contributed by atoms with Gasteiger partial charge in [0.15, 0.2) is 0 Å². The minimum atomic E-state index is -1.04. The monoisotopic (exact) mass is 386 g/mol. The van der Waals surface area contributed by atoms with Crippen molar-refractivity contribution in [1.29, 1.82) is 0 Å². The standard InChI is InChI=1S/C24H18O5/c25-22-20(23(26)29-24(28-22)18-11-5-2-6-12-18)15-19-13-7-8-14-21(19)27-16-17-9-3-1-4-10-17/h1-15,24H,16H2. The Morgan fingerprint density at radius 1 is 0.759 bits per heavy atom. The fourth-order valence-corrected chi connectivity index (χ4v) is 2.91. The Labute approximate surface area is 168 Å². The second-order valence-electron chi connectivity index (χ2n) is 6.42. The summed E-state index contributed by atoms with van der Waals surface area (Å²) in [6.45, 7) is 0.367. The number of carbonyl (C=O) groups excluding carboxylic acids is 2. The molecule has 1 fully saturated rings. The largest absolute Gasteiger partial charge is 0.488 e. The summed E-state index contributed by atoms with van der Waals surface area (Å²) in [5.41, 5.74) is 2.02. The Hall–Kier alpha value is -3.86. The minimum absolute atomic E-state index is 0.173. The molecule has 1 aliphatic rings. The molecule has 0 aliphatic carbocycles. The van der Waals surface area contributed by atoms with E-state index in [2.05, 4.69) is 0 Å². The molecule has 5 heteroatoms. The quantitative estimate of drug-likeness (QED) is 0.368. The second kappa shape index (κ2) is 8.44. The molecule has 1 saturated heterocycles. The zero-order valence-corrected chi connectivity index (χ0v) is 15.5. The van der Waals surface area contributed by atoms with Crippen LogP contribution in [0.3, 0.4) is 0 Å². The Kier molecular flexibility index (Phi) is 5.38. The number of hydrogen-bond acceptors (Lipinski definition) is 5. The summed E-state index contributed by atoms with van der Waals surface area (Å²) in [6, 6.07) is 25.7. The predicted octanol–water partition coefficient (Wildman–Crippen LogP) is 4.45. The minimum Gasteiger partial charge on any atom is -0.488 e. The molecule has 0 spiro atoms. The van der Waals surface area contributed by atoms with E-state index in [4.69, 9.17) is 14.2 Å². The molecule has 5 nitrogen and oxygen atoms in total. The van der Waals surface area contributed by atoms with Crippen molar-refractivity contribution in [3.05, 3.63) is 107 Å². The Bertz CT molecular complexity index is 1020. The lowest BCUT2D eigenvalue weighted by atomic mass is 10.1. The molecule has 144 valence electrons. The van der Waals surface area contributed by atoms with E-state index in [-0.39, 0.29) is 5.57 Å². The maximum Gasteiger partial charge on any atom is 0.348 e. The third-order valence-corrected chi connectivity index (χ3v) is 4.40. The van der Waals surface area contributed by atoms with Crippen LogP contribution in [-0.2, 0) is 25.7 Å². The van der Waals surface area contributed by atoms with Crippen LogP contribution in [0.15, 0.2) is 90.5 Å². The van der Waals surface area contributed by atoms with Crippen molar-refractivity contribution < 1.29 is 23.8 Å². The molecule has 1 heterocycles. The number of benzene rings is 3. The lowest BCUT2D eigenvalue weighted by Gasteiger charge is -2.24. The SMILES string of the molecule is O=C1OC(c2ccccc2)OC(=O)C1=Cc1ccccc1OCc1ccccc1. The smallest absolute Gasteiger partial charge is 0.348 e. The average Bonchev–Trinajstić information content (AvgIpc) is 2.76. The molecule has 1 aliphatic heterocycles. The first-order valence-electron chi connectivity index (χ1n) is 9.15. The highest BCUT2D eigenvalue weighted by atomic mass is 16.7. The van der Waals surface area contributed by atoms with E-state index >= 15 is 0 Å². The summed E-state index contributed by atoms with van der Waals surface area (Å²) in [7, 11) is 0. The predicted molar refractivity (Wildman–Crippen MR) is 107 cm³/mol. The molecular formula is C24H18O5. The van der Waals surface area contributed by atoms with Gasteiger partial charge in [0.2, 0.25) is 0 Å². The fourth-order valence-electron chi connectivity index (χ4n) is 2.91. The van der Waals surface area contributed by atoms with Crippen LogP contribution in [0.25, 0.3) is 6.08 Å². The van der Waals surface area contributed by atoms with E-state index in [9.17, 15) is 9.59 Å². The second-order valence-corrected chi connectivity index (χ2v) is 6.42. The van der Waals surface area contributed by atoms with Crippen molar-refractivity contribution in [2.75, 3.05) is 0 Å². The average molecular weight is 386 g/mol. The molecule has 0 N–H and O–H groups in total. The molecule has 0 aromatic heterocycles. The van der Waals surface area contributed by atoms with Gasteiger partial charge in [0.25, 0.3) is 6.29 Å². The highest BCUT2D eigenvalue weighted by molar-refractivity contribution is 6.18. The maximum absolute atomic E-state index is 12.5. The van der Waals surface area contributed by atoms with Crippen molar-refractivity contribution in [2.45, 2.75) is 12.9 Å². The lowest BCUT2D eigenvalue weighted by Crippen LogP contribution is -2.29. The molecular weight excluding hydrogens is 368 g/mol. The number of rotatable bonds is 5. The molecule has 3 aromatic rings. The normalized spacial score (nSPS) is 16.0. The summed E-state index contributed by atoms with van der Waals surface area (Å²) < 4.78 is 16.5. The van der Waals surface area contributed by atoms with E-state index in [1.807, 2.05) is 42.5 Å². The van der Waals surface area contributed by atoms with Gasteiger partial charge in [-0.3, -0.25) is 0 Å². The Morgan fingerprint density at radius 2 is 1.34 bits per heavy atom. The van der Waals surface area contributed by atoms with Crippen LogP contribution in [0.1, 0.15) is 23.0 Å². The van der Waals surface area contributed by atoms with Gasteiger partial charge >= 0.3 is 11.9 Å². The van der Waals surface area contributed by atoms with E-state index in [1.165, 1.54) is 6.08 Å². The fraction of sp³-hybridized carbons (Fsp3) is 0.0833. The van der Waals surface area contributed by atoms with Gasteiger partial charge < -0.3 is 14.2 Å². The van der Waals surface area contributed by atoms with Crippen molar-refractivity contribution in [1.82, 2.24) is 0 Å². The first-order valence-corrected chi connectivity index (χ1v) is 9.15. The first-order chi connectivity index (χ1) is 14.2. The van der Waals surface area contributed by atoms with Gasteiger partial charge in [-0.25, -0.2) is 9.59 Å². The molecule has 0 radical (unpaired) electrons. The summed E-state index contributed by atoms with van der Waals surface area (Å²) in [5, 5.41) is 0. The summed E-state index contributed by atoms with van der Waals surface area (Å²) in [6.07, 6.45) is 0.393. The van der Waals surface area contributed by atoms with Gasteiger partial charge in [0.1, 0.15) is 17.9 Å². The third-order valence-electron chi connectivity index (χ3n) is 4.40. The van der Waals surface area contributed by atoms with Gasteiger partial charge in [0, 0.05) is 11.1 Å². The molecule has 0 amide bonds. The molecule has 0 saturated carbocycles. The van der Waals surface area contributed by atoms with Gasteiger partial charge in [-0.1, -0.05) is 78.9 Å². The zero-order valence-electron chi connectivity index (χ0n) is 15.5. The van der Waals surface area contributed by atoms with E-state index in [0.717, 1.165) is 5.56 Å². The molecule has 0 atom stereocenters. The molecule has 0 bridgehead atoms. The van der Waals surface area contributed by atoms with Gasteiger partial charge in [-0.15, -0.1) is 0 Å². The van der Waals surface area contributed by atoms with E-state index in [0.29, 0.717) is 23.5 Å². The molecule has 0 unspecified atom stereocenters. The van der Waals surface area contributed by atoms with Crippen LogP contribution in [0.4, 0.5) is 0 Å². The number of esters is 2. The zero-order chi connectivity index (χ0) is 20.1. The molecule has 3 aromatic carbocycles. The number of hydrogen-bond donors (Lipinski definition) is 0. The summed E-state index contributed by atoms with van der Waals surface area (Å²) in [5.74, 6) is -0.907. The highest BCUT2D eigenvalue weighted by Gasteiger charge is 2.34. The van der Waals surface area contributed by atoms with Gasteiger partial charge in [0.05, 0.1) is 0 Å². The van der Waals surface area contributed by atoms with Crippen LogP contribution in [0, 0.1) is 0 Å². The summed E-state index contributed by atoms with van der Waals surface area (Å²) >= 11 is 0. The lowest BCUT2D eigenvalue weighted by molar-refractivity contribution is -0.195. The van der Waals surface area contributed by atoms with Gasteiger partial charge in [-0.05, 0) is 17.7 Å². The van der Waals surface area contributed by atoms with Crippen molar-refractivity contribution in [3.8, 4) is 5.75 Å². The van der Waals surface area contributed by atoms with Crippen LogP contribution in [-0.4, -0.2) is 11.9 Å². The van der Waals surface area contributed by atoms with Crippen LogP contribution in [0.2, 0.25) is 0 Å². The van der Waals surface area contributed by atoms with E-state index in [1.54, 1.807) is 42.5 Å². The third kappa shape index (κ3) is 4.35. The van der Waals surface area contributed by atoms with Crippen molar-refractivity contribution in [3.63, 3.8) is 0 Å². The van der Waals surface area contributed by atoms with Crippen molar-refractivity contribution in [2.24, 2.45) is 0 Å². The Morgan fingerprint density at radius 3 is 2.03 bits per heavy atom. The number of cyclic esters (lactones) is 2. The summed E-state index contributed by atoms with van der Waals surface area (Å²) in [4.78, 5) is 24.9.